The van der Waals surface area contributed by atoms with Crippen LogP contribution in [0.1, 0.15) is 5.56 Å². The van der Waals surface area contributed by atoms with Gasteiger partial charge in [0.25, 0.3) is 0 Å². The number of thiazole rings is 1. The second kappa shape index (κ2) is 9.17. The third kappa shape index (κ3) is 4.67. The average Bonchev–Trinajstić information content (AvgIpc) is 3.34. The number of pyridine rings is 2. The van der Waals surface area contributed by atoms with Crippen LogP contribution in [0.25, 0.3) is 26.9 Å². The Hall–Kier alpha value is -3.49. The number of hydrogen-bond donors (Lipinski definition) is 2. The first-order valence-electron chi connectivity index (χ1n) is 11.0. The van der Waals surface area contributed by atoms with E-state index in [1.807, 2.05) is 31.7 Å². The largest absolute Gasteiger partial charge is 0.365 e. The molecule has 1 fully saturated rings. The number of aromatic nitrogens is 3. The SMILES string of the molecule is C=C(Nc1cc2cc(-c3cnc(NC)s3)ccc2cn1)c1ccnc(N2CCN(C)CC2)c1. The molecule has 1 saturated heterocycles. The molecule has 5 rings (SSSR count). The lowest BCUT2D eigenvalue weighted by Gasteiger charge is -2.33. The quantitative estimate of drug-likeness (QED) is 0.437. The van der Waals surface area contributed by atoms with Gasteiger partial charge in [-0.1, -0.05) is 30.0 Å². The summed E-state index contributed by atoms with van der Waals surface area (Å²) in [4.78, 5) is 19.3. The molecule has 0 saturated carbocycles. The first kappa shape index (κ1) is 21.4. The number of hydrogen-bond acceptors (Lipinski definition) is 8. The number of likely N-dealkylation sites (N-methyl/N-ethyl adjacent to an activating group) is 1. The fourth-order valence-corrected chi connectivity index (χ4v) is 4.69. The predicted octanol–water partition coefficient (Wildman–Crippen LogP) is 4.63. The molecule has 1 aliphatic heterocycles. The van der Waals surface area contributed by atoms with Crippen molar-refractivity contribution in [3.8, 4) is 10.4 Å². The van der Waals surface area contributed by atoms with Gasteiger partial charge in [-0.05, 0) is 42.3 Å². The third-order valence-electron chi connectivity index (χ3n) is 5.93. The molecule has 0 spiro atoms. The highest BCUT2D eigenvalue weighted by Crippen LogP contribution is 2.31. The van der Waals surface area contributed by atoms with Crippen LogP contribution in [0.15, 0.2) is 61.6 Å². The molecular formula is C25H27N7S. The first-order valence-corrected chi connectivity index (χ1v) is 11.8. The molecule has 0 aliphatic carbocycles. The van der Waals surface area contributed by atoms with Crippen molar-refractivity contribution in [1.29, 1.82) is 0 Å². The summed E-state index contributed by atoms with van der Waals surface area (Å²) >= 11 is 1.64. The maximum Gasteiger partial charge on any atom is 0.182 e. The van der Waals surface area contributed by atoms with Crippen LogP contribution in [0.5, 0.6) is 0 Å². The van der Waals surface area contributed by atoms with E-state index in [0.29, 0.717) is 0 Å². The minimum Gasteiger partial charge on any atom is -0.365 e. The third-order valence-corrected chi connectivity index (χ3v) is 6.99. The fraction of sp³-hybridized carbons (Fsp3) is 0.240. The summed E-state index contributed by atoms with van der Waals surface area (Å²) in [6.45, 7) is 8.32. The Bertz CT molecular complexity index is 1290. The summed E-state index contributed by atoms with van der Waals surface area (Å²) in [6.07, 6.45) is 5.65. The molecule has 3 aromatic heterocycles. The smallest absolute Gasteiger partial charge is 0.182 e. The van der Waals surface area contributed by atoms with Crippen molar-refractivity contribution < 1.29 is 0 Å². The van der Waals surface area contributed by atoms with Gasteiger partial charge in [-0.15, -0.1) is 0 Å². The lowest BCUT2D eigenvalue weighted by molar-refractivity contribution is 0.312. The molecular weight excluding hydrogens is 430 g/mol. The minimum absolute atomic E-state index is 0.767. The standard InChI is InChI=1S/C25H27N7S/c1-17(18-6-7-27-24(14-18)32-10-8-31(3)9-11-32)30-23-13-21-12-19(4-5-20(21)15-28-23)22-16-29-25(26-2)33-22/h4-7,12-16H,1,8-11H2,2-3H3,(H,26,29)(H,28,30). The van der Waals surface area contributed by atoms with E-state index in [0.717, 1.165) is 75.4 Å². The van der Waals surface area contributed by atoms with E-state index in [2.05, 4.69) is 79.3 Å². The Labute approximate surface area is 197 Å². The summed E-state index contributed by atoms with van der Waals surface area (Å²) in [5.41, 5.74) is 2.96. The number of fused-ring (bicyclic) bond motifs is 1. The number of anilines is 3. The first-order chi connectivity index (χ1) is 16.1. The van der Waals surface area contributed by atoms with Crippen molar-refractivity contribution in [2.45, 2.75) is 0 Å². The van der Waals surface area contributed by atoms with Crippen LogP contribution in [0.3, 0.4) is 0 Å². The second-order valence-electron chi connectivity index (χ2n) is 8.21. The van der Waals surface area contributed by atoms with Gasteiger partial charge in [-0.3, -0.25) is 0 Å². The number of nitrogens with zero attached hydrogens (tertiary/aromatic N) is 5. The van der Waals surface area contributed by atoms with Crippen LogP contribution in [-0.2, 0) is 0 Å². The van der Waals surface area contributed by atoms with Crippen LogP contribution < -0.4 is 15.5 Å². The van der Waals surface area contributed by atoms with E-state index in [1.165, 1.54) is 0 Å². The Kier molecular flexibility index (Phi) is 5.93. The number of benzene rings is 1. The molecule has 4 heterocycles. The van der Waals surface area contributed by atoms with Crippen molar-refractivity contribution in [3.05, 3.63) is 67.1 Å². The van der Waals surface area contributed by atoms with Crippen molar-refractivity contribution in [2.24, 2.45) is 0 Å². The number of piperazine rings is 1. The van der Waals surface area contributed by atoms with Gasteiger partial charge in [0.2, 0.25) is 0 Å². The molecule has 0 unspecified atom stereocenters. The van der Waals surface area contributed by atoms with E-state index in [-0.39, 0.29) is 0 Å². The van der Waals surface area contributed by atoms with Gasteiger partial charge in [0.15, 0.2) is 5.13 Å². The Morgan fingerprint density at radius 2 is 1.82 bits per heavy atom. The Balaban J connectivity index is 1.35. The van der Waals surface area contributed by atoms with Gasteiger partial charge >= 0.3 is 0 Å². The van der Waals surface area contributed by atoms with Crippen LogP contribution in [-0.4, -0.2) is 60.1 Å². The maximum atomic E-state index is 4.59. The molecule has 1 aromatic carbocycles. The average molecular weight is 458 g/mol. The molecule has 1 aliphatic rings. The zero-order valence-electron chi connectivity index (χ0n) is 18.9. The lowest BCUT2D eigenvalue weighted by atomic mass is 10.1. The van der Waals surface area contributed by atoms with Crippen molar-refractivity contribution in [2.75, 3.05) is 55.8 Å². The second-order valence-corrected chi connectivity index (χ2v) is 9.24. The van der Waals surface area contributed by atoms with Gasteiger partial charge in [-0.2, -0.15) is 0 Å². The molecule has 33 heavy (non-hydrogen) atoms. The zero-order chi connectivity index (χ0) is 22.8. The number of nitrogens with one attached hydrogen (secondary N) is 2. The van der Waals surface area contributed by atoms with E-state index < -0.39 is 0 Å². The van der Waals surface area contributed by atoms with Crippen molar-refractivity contribution in [1.82, 2.24) is 19.9 Å². The molecule has 0 amide bonds. The minimum atomic E-state index is 0.767. The van der Waals surface area contributed by atoms with Gasteiger partial charge in [-0.25, -0.2) is 15.0 Å². The topological polar surface area (TPSA) is 69.2 Å². The fourth-order valence-electron chi connectivity index (χ4n) is 3.93. The Morgan fingerprint density at radius 3 is 2.61 bits per heavy atom. The molecule has 4 aromatic rings. The highest BCUT2D eigenvalue weighted by atomic mass is 32.1. The summed E-state index contributed by atoms with van der Waals surface area (Å²) in [5.74, 6) is 1.76. The van der Waals surface area contributed by atoms with Crippen molar-refractivity contribution in [3.63, 3.8) is 0 Å². The van der Waals surface area contributed by atoms with E-state index in [1.54, 1.807) is 11.3 Å². The molecule has 8 heteroatoms. The van der Waals surface area contributed by atoms with Gasteiger partial charge < -0.3 is 20.4 Å². The molecule has 168 valence electrons. The van der Waals surface area contributed by atoms with Gasteiger partial charge in [0.1, 0.15) is 11.6 Å². The normalized spacial score (nSPS) is 14.4. The molecule has 0 atom stereocenters. The van der Waals surface area contributed by atoms with Crippen LogP contribution in [0.4, 0.5) is 16.8 Å². The molecule has 0 bridgehead atoms. The summed E-state index contributed by atoms with van der Waals surface area (Å²) in [7, 11) is 4.04. The van der Waals surface area contributed by atoms with E-state index in [4.69, 9.17) is 0 Å². The molecule has 0 radical (unpaired) electrons. The maximum absolute atomic E-state index is 4.59. The summed E-state index contributed by atoms with van der Waals surface area (Å²) in [6, 6.07) is 12.5. The zero-order valence-corrected chi connectivity index (χ0v) is 19.7. The monoisotopic (exact) mass is 457 g/mol. The highest BCUT2D eigenvalue weighted by Gasteiger charge is 2.16. The molecule has 2 N–H and O–H groups in total. The van der Waals surface area contributed by atoms with Gasteiger partial charge in [0.05, 0.1) is 4.88 Å². The predicted molar refractivity (Wildman–Crippen MR) is 139 cm³/mol. The summed E-state index contributed by atoms with van der Waals surface area (Å²) < 4.78 is 0. The molecule has 7 nitrogen and oxygen atoms in total. The highest BCUT2D eigenvalue weighted by molar-refractivity contribution is 7.18. The van der Waals surface area contributed by atoms with Crippen LogP contribution in [0.2, 0.25) is 0 Å². The Morgan fingerprint density at radius 1 is 0.970 bits per heavy atom. The summed E-state index contributed by atoms with van der Waals surface area (Å²) in [5, 5.41) is 9.59. The van der Waals surface area contributed by atoms with E-state index in [9.17, 15) is 0 Å². The van der Waals surface area contributed by atoms with Gasteiger partial charge in [0, 0.05) is 68.5 Å². The van der Waals surface area contributed by atoms with Crippen LogP contribution >= 0.6 is 11.3 Å². The number of rotatable bonds is 6. The van der Waals surface area contributed by atoms with Crippen molar-refractivity contribution >= 4 is 44.6 Å². The van der Waals surface area contributed by atoms with Crippen LogP contribution in [0, 0.1) is 0 Å². The van der Waals surface area contributed by atoms with E-state index >= 15 is 0 Å². The lowest BCUT2D eigenvalue weighted by Crippen LogP contribution is -2.44.